The number of carbonyl (C=O) groups excluding carboxylic acids is 1. The molecule has 0 bridgehead atoms. The molecule has 0 aliphatic carbocycles. The lowest BCUT2D eigenvalue weighted by molar-refractivity contribution is -0.136. The van der Waals surface area contributed by atoms with Crippen molar-refractivity contribution in [3.63, 3.8) is 0 Å². The molecule has 0 unspecified atom stereocenters. The second kappa shape index (κ2) is 9.88. The highest BCUT2D eigenvalue weighted by molar-refractivity contribution is 5.78. The lowest BCUT2D eigenvalue weighted by Gasteiger charge is -2.35. The lowest BCUT2D eigenvalue weighted by Crippen LogP contribution is -2.43. The van der Waals surface area contributed by atoms with Gasteiger partial charge in [0, 0.05) is 25.1 Å². The zero-order chi connectivity index (χ0) is 21.6. The summed E-state index contributed by atoms with van der Waals surface area (Å²) in [4.78, 5) is 21.3. The first-order valence-electron chi connectivity index (χ1n) is 10.8. The Morgan fingerprint density at radius 1 is 1.16 bits per heavy atom. The molecular formula is C25H28FN3O2. The molecule has 1 aromatic heterocycles. The zero-order valence-corrected chi connectivity index (χ0v) is 17.8. The third-order valence-corrected chi connectivity index (χ3v) is 5.70. The summed E-state index contributed by atoms with van der Waals surface area (Å²) < 4.78 is 20.0. The maximum Gasteiger partial charge on any atom is 0.237 e. The first kappa shape index (κ1) is 21.2. The maximum absolute atomic E-state index is 13.9. The molecule has 6 heteroatoms. The number of oxazole rings is 1. The number of carbonyl (C=O) groups is 1. The van der Waals surface area contributed by atoms with Gasteiger partial charge in [0.05, 0.1) is 12.7 Å². The largest absolute Gasteiger partial charge is 0.443 e. The van der Waals surface area contributed by atoms with Crippen molar-refractivity contribution in [2.45, 2.75) is 38.3 Å². The Balaban J connectivity index is 1.41. The molecule has 1 aliphatic rings. The number of benzene rings is 2. The normalized spacial score (nSPS) is 16.6. The van der Waals surface area contributed by atoms with Gasteiger partial charge in [0.25, 0.3) is 0 Å². The van der Waals surface area contributed by atoms with Gasteiger partial charge >= 0.3 is 0 Å². The van der Waals surface area contributed by atoms with Crippen LogP contribution < -0.4 is 0 Å². The molecule has 1 saturated heterocycles. The Morgan fingerprint density at radius 3 is 2.74 bits per heavy atom. The van der Waals surface area contributed by atoms with Gasteiger partial charge in [0.15, 0.2) is 0 Å². The standard InChI is InChI=1S/C25H28FN3O2/c1-28(17-20-11-5-6-12-22(20)26)18-24(30)29-14-8-7-13-23(29)25-27-16-21(31-25)15-19-9-3-2-4-10-19/h2-6,9-12,16,23H,7-8,13-15,17-18H2,1H3/t23-/m0/s1. The van der Waals surface area contributed by atoms with E-state index < -0.39 is 0 Å². The third-order valence-electron chi connectivity index (χ3n) is 5.70. The van der Waals surface area contributed by atoms with E-state index in [9.17, 15) is 9.18 Å². The van der Waals surface area contributed by atoms with Crippen LogP contribution in [0.25, 0.3) is 0 Å². The molecule has 4 rings (SSSR count). The minimum Gasteiger partial charge on any atom is -0.443 e. The highest BCUT2D eigenvalue weighted by atomic mass is 19.1. The molecule has 0 spiro atoms. The fourth-order valence-corrected chi connectivity index (χ4v) is 4.14. The van der Waals surface area contributed by atoms with Crippen LogP contribution in [-0.2, 0) is 17.8 Å². The van der Waals surface area contributed by atoms with Crippen LogP contribution >= 0.6 is 0 Å². The molecule has 2 aromatic carbocycles. The van der Waals surface area contributed by atoms with Gasteiger partial charge in [-0.25, -0.2) is 9.37 Å². The quantitative estimate of drug-likeness (QED) is 0.560. The molecule has 1 aliphatic heterocycles. The molecule has 0 radical (unpaired) electrons. The zero-order valence-electron chi connectivity index (χ0n) is 17.8. The second-order valence-corrected chi connectivity index (χ2v) is 8.19. The van der Waals surface area contributed by atoms with E-state index in [4.69, 9.17) is 4.42 Å². The Morgan fingerprint density at radius 2 is 1.94 bits per heavy atom. The van der Waals surface area contributed by atoms with Gasteiger partial charge in [-0.15, -0.1) is 0 Å². The Labute approximate surface area is 182 Å². The van der Waals surface area contributed by atoms with Crippen LogP contribution in [0.2, 0.25) is 0 Å². The van der Waals surface area contributed by atoms with Crippen molar-refractivity contribution in [3.8, 4) is 0 Å². The van der Waals surface area contributed by atoms with E-state index >= 15 is 0 Å². The number of halogens is 1. The van der Waals surface area contributed by atoms with Crippen LogP contribution in [-0.4, -0.2) is 40.8 Å². The highest BCUT2D eigenvalue weighted by Gasteiger charge is 2.31. The number of likely N-dealkylation sites (N-methyl/N-ethyl adjacent to an activating group) is 1. The Hall–Kier alpha value is -2.99. The van der Waals surface area contributed by atoms with Crippen LogP contribution in [0.1, 0.15) is 48.1 Å². The van der Waals surface area contributed by atoms with Gasteiger partial charge in [-0.3, -0.25) is 9.69 Å². The molecule has 0 saturated carbocycles. The minimum atomic E-state index is -0.247. The van der Waals surface area contributed by atoms with Crippen molar-refractivity contribution >= 4 is 5.91 Å². The number of amides is 1. The molecule has 162 valence electrons. The van der Waals surface area contributed by atoms with Crippen LogP contribution in [0.5, 0.6) is 0 Å². The summed E-state index contributed by atoms with van der Waals surface area (Å²) in [6.45, 7) is 1.30. The SMILES string of the molecule is CN(CC(=O)N1CCCC[C@H]1c1ncc(Cc2ccccc2)o1)Cc1ccccc1F. The number of nitrogens with zero attached hydrogens (tertiary/aromatic N) is 3. The molecule has 1 amide bonds. The fraction of sp³-hybridized carbons (Fsp3) is 0.360. The van der Waals surface area contributed by atoms with Gasteiger partial charge in [0.2, 0.25) is 11.8 Å². The van der Waals surface area contributed by atoms with Gasteiger partial charge in [0.1, 0.15) is 17.6 Å². The fourth-order valence-electron chi connectivity index (χ4n) is 4.14. The number of hydrogen-bond donors (Lipinski definition) is 0. The third kappa shape index (κ3) is 5.39. The van der Waals surface area contributed by atoms with Crippen molar-refractivity contribution in [2.24, 2.45) is 0 Å². The predicted molar refractivity (Wildman–Crippen MR) is 117 cm³/mol. The molecule has 1 atom stereocenters. The van der Waals surface area contributed by atoms with Crippen molar-refractivity contribution in [3.05, 3.63) is 89.4 Å². The molecule has 2 heterocycles. The summed E-state index contributed by atoms with van der Waals surface area (Å²) >= 11 is 0. The van der Waals surface area contributed by atoms with Gasteiger partial charge in [-0.05, 0) is 37.9 Å². The summed E-state index contributed by atoms with van der Waals surface area (Å²) in [5, 5.41) is 0. The maximum atomic E-state index is 13.9. The molecule has 0 N–H and O–H groups in total. The summed E-state index contributed by atoms with van der Waals surface area (Å²) in [7, 11) is 1.84. The second-order valence-electron chi connectivity index (χ2n) is 8.19. The van der Waals surface area contributed by atoms with E-state index in [1.807, 2.05) is 41.1 Å². The van der Waals surface area contributed by atoms with E-state index in [-0.39, 0.29) is 24.3 Å². The van der Waals surface area contributed by atoms with Gasteiger partial charge in [-0.1, -0.05) is 48.5 Å². The summed E-state index contributed by atoms with van der Waals surface area (Å²) in [5.41, 5.74) is 1.75. The number of hydrogen-bond acceptors (Lipinski definition) is 4. The summed E-state index contributed by atoms with van der Waals surface area (Å²) in [5.74, 6) is 1.18. The molecular weight excluding hydrogens is 393 g/mol. The van der Waals surface area contributed by atoms with Crippen LogP contribution in [0, 0.1) is 5.82 Å². The smallest absolute Gasteiger partial charge is 0.237 e. The molecule has 3 aromatic rings. The first-order valence-corrected chi connectivity index (χ1v) is 10.8. The van der Waals surface area contributed by atoms with Crippen molar-refractivity contribution in [2.75, 3.05) is 20.1 Å². The Kier molecular flexibility index (Phi) is 6.77. The van der Waals surface area contributed by atoms with E-state index in [0.29, 0.717) is 31.0 Å². The molecule has 1 fully saturated rings. The summed E-state index contributed by atoms with van der Waals surface area (Å²) in [6, 6.07) is 16.7. The van der Waals surface area contributed by atoms with Crippen LogP contribution in [0.15, 0.2) is 65.2 Å². The number of piperidine rings is 1. The van der Waals surface area contributed by atoms with Crippen LogP contribution in [0.3, 0.4) is 0 Å². The molecule has 5 nitrogen and oxygen atoms in total. The highest BCUT2D eigenvalue weighted by Crippen LogP contribution is 2.31. The van der Waals surface area contributed by atoms with Crippen molar-refractivity contribution in [1.29, 1.82) is 0 Å². The van der Waals surface area contributed by atoms with Gasteiger partial charge < -0.3 is 9.32 Å². The predicted octanol–water partition coefficient (Wildman–Crippen LogP) is 4.59. The number of aromatic nitrogens is 1. The van der Waals surface area contributed by atoms with E-state index in [0.717, 1.165) is 30.6 Å². The van der Waals surface area contributed by atoms with E-state index in [1.54, 1.807) is 18.3 Å². The van der Waals surface area contributed by atoms with E-state index in [1.165, 1.54) is 6.07 Å². The molecule has 31 heavy (non-hydrogen) atoms. The Bertz CT molecular complexity index is 1000. The lowest BCUT2D eigenvalue weighted by atomic mass is 10.0. The van der Waals surface area contributed by atoms with Gasteiger partial charge in [-0.2, -0.15) is 0 Å². The monoisotopic (exact) mass is 421 g/mol. The summed E-state index contributed by atoms with van der Waals surface area (Å²) in [6.07, 6.45) is 5.30. The number of likely N-dealkylation sites (tertiary alicyclic amines) is 1. The van der Waals surface area contributed by atoms with Crippen molar-refractivity contribution < 1.29 is 13.6 Å². The average Bonchev–Trinajstić information content (AvgIpc) is 3.24. The topological polar surface area (TPSA) is 49.6 Å². The number of rotatable bonds is 7. The average molecular weight is 422 g/mol. The first-order chi connectivity index (χ1) is 15.1. The van der Waals surface area contributed by atoms with Crippen molar-refractivity contribution in [1.82, 2.24) is 14.8 Å². The minimum absolute atomic E-state index is 0.0198. The van der Waals surface area contributed by atoms with E-state index in [2.05, 4.69) is 17.1 Å². The van der Waals surface area contributed by atoms with Crippen LogP contribution in [0.4, 0.5) is 4.39 Å².